The molecule has 1 aliphatic carbocycles. The van der Waals surface area contributed by atoms with Crippen molar-refractivity contribution in [2.24, 2.45) is 0 Å². The van der Waals surface area contributed by atoms with Gasteiger partial charge in [0.05, 0.1) is 24.0 Å². The SMILES string of the molecule is O=C1CC=C(NC(=O)c2cnn(Cc3ccccc3)c2)C=C1c1cc2cc(CN3CCC(F)CC3)ccc2[nH]1. The molecule has 2 N–H and O–H groups in total. The van der Waals surface area contributed by atoms with Crippen LogP contribution in [-0.2, 0) is 17.9 Å². The number of Topliss-reactive ketones (excluding diaryl/α,β-unsaturated/α-hetero) is 1. The summed E-state index contributed by atoms with van der Waals surface area (Å²) < 4.78 is 15.2. The lowest BCUT2D eigenvalue weighted by Gasteiger charge is -2.28. The number of carbonyl (C=O) groups is 2. The first-order chi connectivity index (χ1) is 19.0. The lowest BCUT2D eigenvalue weighted by molar-refractivity contribution is -0.113. The van der Waals surface area contributed by atoms with Gasteiger partial charge in [-0.15, -0.1) is 0 Å². The Labute approximate surface area is 226 Å². The van der Waals surface area contributed by atoms with E-state index in [1.54, 1.807) is 29.2 Å². The first kappa shape index (κ1) is 25.0. The van der Waals surface area contributed by atoms with Crippen LogP contribution in [0.15, 0.2) is 84.8 Å². The Hall–Kier alpha value is -4.30. The predicted molar refractivity (Wildman–Crippen MR) is 149 cm³/mol. The van der Waals surface area contributed by atoms with Gasteiger partial charge in [0.25, 0.3) is 5.91 Å². The Balaban J connectivity index is 1.15. The molecule has 0 bridgehead atoms. The van der Waals surface area contributed by atoms with Gasteiger partial charge in [-0.2, -0.15) is 5.10 Å². The summed E-state index contributed by atoms with van der Waals surface area (Å²) in [6.45, 7) is 2.90. The Bertz CT molecular complexity index is 1570. The van der Waals surface area contributed by atoms with Crippen LogP contribution >= 0.6 is 0 Å². The van der Waals surface area contributed by atoms with Crippen molar-refractivity contribution in [1.29, 1.82) is 0 Å². The maximum atomic E-state index is 13.5. The van der Waals surface area contributed by atoms with Crippen molar-refractivity contribution in [3.63, 3.8) is 0 Å². The molecule has 6 rings (SSSR count). The second-order valence-corrected chi connectivity index (χ2v) is 10.3. The highest BCUT2D eigenvalue weighted by atomic mass is 19.1. The molecule has 0 saturated carbocycles. The fourth-order valence-electron chi connectivity index (χ4n) is 5.21. The van der Waals surface area contributed by atoms with Gasteiger partial charge in [-0.1, -0.05) is 42.5 Å². The molecule has 0 spiro atoms. The number of carbonyl (C=O) groups excluding carboxylic acids is 2. The van der Waals surface area contributed by atoms with Gasteiger partial charge in [-0.3, -0.25) is 19.2 Å². The molecular formula is C31H30FN5O2. The van der Waals surface area contributed by atoms with E-state index in [2.05, 4.69) is 32.4 Å². The maximum absolute atomic E-state index is 13.5. The third-order valence-corrected chi connectivity index (χ3v) is 7.35. The topological polar surface area (TPSA) is 83.0 Å². The number of ketones is 1. The standard InChI is InChI=1S/C31H30FN5O2/c32-25-10-12-36(13-11-25)18-22-6-8-28-23(14-22)15-29(35-28)27-16-26(7-9-30(27)38)34-31(39)24-17-33-37(20-24)19-21-4-2-1-3-5-21/h1-8,14-17,20,25,35H,9-13,18-19H2,(H,34,39). The van der Waals surface area contributed by atoms with Crippen molar-refractivity contribution in [3.05, 3.63) is 107 Å². The maximum Gasteiger partial charge on any atom is 0.258 e. The van der Waals surface area contributed by atoms with Gasteiger partial charge in [-0.05, 0) is 48.2 Å². The summed E-state index contributed by atoms with van der Waals surface area (Å²) in [5.74, 6) is -0.284. The van der Waals surface area contributed by atoms with Crippen molar-refractivity contribution in [3.8, 4) is 0 Å². The van der Waals surface area contributed by atoms with Crippen LogP contribution in [0.3, 0.4) is 0 Å². The Morgan fingerprint density at radius 2 is 1.87 bits per heavy atom. The fourth-order valence-corrected chi connectivity index (χ4v) is 5.21. The number of rotatable bonds is 7. The highest BCUT2D eigenvalue weighted by Gasteiger charge is 2.21. The van der Waals surface area contributed by atoms with Crippen LogP contribution in [0.5, 0.6) is 0 Å². The minimum atomic E-state index is -0.682. The van der Waals surface area contributed by atoms with E-state index < -0.39 is 6.17 Å². The van der Waals surface area contributed by atoms with E-state index >= 15 is 0 Å². The summed E-state index contributed by atoms with van der Waals surface area (Å²) in [4.78, 5) is 31.4. The zero-order chi connectivity index (χ0) is 26.8. The van der Waals surface area contributed by atoms with Crippen molar-refractivity contribution in [1.82, 2.24) is 25.0 Å². The summed E-state index contributed by atoms with van der Waals surface area (Å²) in [7, 11) is 0. The summed E-state index contributed by atoms with van der Waals surface area (Å²) in [6.07, 6.45) is 7.44. The lowest BCUT2D eigenvalue weighted by Crippen LogP contribution is -2.33. The number of allylic oxidation sites excluding steroid dienone is 3. The molecule has 7 nitrogen and oxygen atoms in total. The quantitative estimate of drug-likeness (QED) is 0.357. The molecule has 1 aliphatic heterocycles. The van der Waals surface area contributed by atoms with Crippen molar-refractivity contribution in [2.45, 2.75) is 38.5 Å². The van der Waals surface area contributed by atoms with E-state index in [0.29, 0.717) is 36.2 Å². The molecule has 4 aromatic rings. The van der Waals surface area contributed by atoms with Crippen molar-refractivity contribution >= 4 is 28.2 Å². The summed E-state index contributed by atoms with van der Waals surface area (Å²) in [5, 5.41) is 8.25. The number of aromatic nitrogens is 3. The number of likely N-dealkylation sites (tertiary alicyclic amines) is 1. The zero-order valence-corrected chi connectivity index (χ0v) is 21.6. The molecule has 1 fully saturated rings. The van der Waals surface area contributed by atoms with E-state index in [0.717, 1.165) is 47.4 Å². The molecule has 2 aromatic heterocycles. The number of halogens is 1. The lowest BCUT2D eigenvalue weighted by atomic mass is 9.98. The Kier molecular flexibility index (Phi) is 6.94. The normalized spacial score (nSPS) is 16.8. The first-order valence-electron chi connectivity index (χ1n) is 13.3. The van der Waals surface area contributed by atoms with Crippen LogP contribution < -0.4 is 5.32 Å². The fraction of sp³-hybridized carbons (Fsp3) is 0.258. The number of nitrogens with zero attached hydrogens (tertiary/aromatic N) is 3. The number of fused-ring (bicyclic) bond motifs is 1. The minimum absolute atomic E-state index is 0.00967. The molecule has 0 unspecified atom stereocenters. The van der Waals surface area contributed by atoms with Crippen LogP contribution in [0.1, 0.15) is 46.4 Å². The van der Waals surface area contributed by atoms with Gasteiger partial charge in [0.15, 0.2) is 5.78 Å². The monoisotopic (exact) mass is 523 g/mol. The minimum Gasteiger partial charge on any atom is -0.354 e. The number of hydrogen-bond donors (Lipinski definition) is 2. The third kappa shape index (κ3) is 5.76. The number of H-pyrrole nitrogens is 1. The smallest absolute Gasteiger partial charge is 0.258 e. The van der Waals surface area contributed by atoms with Crippen molar-refractivity contribution < 1.29 is 14.0 Å². The molecule has 2 aromatic carbocycles. The molecule has 198 valence electrons. The molecule has 8 heteroatoms. The van der Waals surface area contributed by atoms with Gasteiger partial charge in [0.1, 0.15) is 6.17 Å². The second kappa shape index (κ2) is 10.8. The van der Waals surface area contributed by atoms with Crippen LogP contribution in [0.2, 0.25) is 0 Å². The average molecular weight is 524 g/mol. The number of nitrogens with one attached hydrogen (secondary N) is 2. The number of amides is 1. The van der Waals surface area contributed by atoms with Gasteiger partial charge >= 0.3 is 0 Å². The van der Waals surface area contributed by atoms with Gasteiger partial charge in [0, 0.05) is 54.4 Å². The highest BCUT2D eigenvalue weighted by Crippen LogP contribution is 2.27. The third-order valence-electron chi connectivity index (χ3n) is 7.35. The van der Waals surface area contributed by atoms with Crippen LogP contribution in [0, 0.1) is 0 Å². The molecule has 1 saturated heterocycles. The Morgan fingerprint density at radius 3 is 2.69 bits per heavy atom. The van der Waals surface area contributed by atoms with E-state index in [9.17, 15) is 14.0 Å². The number of benzene rings is 2. The summed E-state index contributed by atoms with van der Waals surface area (Å²) >= 11 is 0. The van der Waals surface area contributed by atoms with Crippen LogP contribution in [0.4, 0.5) is 4.39 Å². The van der Waals surface area contributed by atoms with Crippen LogP contribution in [-0.4, -0.2) is 50.6 Å². The van der Waals surface area contributed by atoms with Gasteiger partial charge < -0.3 is 10.3 Å². The van der Waals surface area contributed by atoms with E-state index in [1.807, 2.05) is 42.5 Å². The first-order valence-corrected chi connectivity index (χ1v) is 13.3. The van der Waals surface area contributed by atoms with Crippen molar-refractivity contribution in [2.75, 3.05) is 13.1 Å². The molecule has 0 atom stereocenters. The summed E-state index contributed by atoms with van der Waals surface area (Å²) in [6, 6.07) is 18.1. The van der Waals surface area contributed by atoms with E-state index in [4.69, 9.17) is 0 Å². The van der Waals surface area contributed by atoms with E-state index in [1.165, 1.54) is 0 Å². The molecular weight excluding hydrogens is 493 g/mol. The Morgan fingerprint density at radius 1 is 1.05 bits per heavy atom. The van der Waals surface area contributed by atoms with Crippen LogP contribution in [0.25, 0.3) is 16.5 Å². The molecule has 3 heterocycles. The molecule has 1 amide bonds. The zero-order valence-electron chi connectivity index (χ0n) is 21.6. The number of alkyl halides is 1. The number of hydrogen-bond acceptors (Lipinski definition) is 4. The highest BCUT2D eigenvalue weighted by molar-refractivity contribution is 6.23. The largest absolute Gasteiger partial charge is 0.354 e. The second-order valence-electron chi connectivity index (χ2n) is 10.3. The van der Waals surface area contributed by atoms with E-state index in [-0.39, 0.29) is 18.1 Å². The summed E-state index contributed by atoms with van der Waals surface area (Å²) in [5.41, 5.74) is 5.50. The molecule has 0 radical (unpaired) electrons. The predicted octanol–water partition coefficient (Wildman–Crippen LogP) is 5.02. The van der Waals surface area contributed by atoms with Gasteiger partial charge in [-0.25, -0.2) is 4.39 Å². The average Bonchev–Trinajstić information content (AvgIpc) is 3.59. The molecule has 2 aliphatic rings. The number of aromatic amines is 1. The molecule has 39 heavy (non-hydrogen) atoms. The van der Waals surface area contributed by atoms with Gasteiger partial charge in [0.2, 0.25) is 0 Å². The number of piperidine rings is 1.